The molecule has 0 radical (unpaired) electrons. The van der Waals surface area contributed by atoms with Gasteiger partial charge >= 0.3 is 0 Å². The van der Waals surface area contributed by atoms with E-state index in [4.69, 9.17) is 9.47 Å². The van der Waals surface area contributed by atoms with Gasteiger partial charge in [-0.1, -0.05) is 12.1 Å². The number of thiophene rings is 1. The highest BCUT2D eigenvalue weighted by molar-refractivity contribution is 7.14. The molecule has 5 nitrogen and oxygen atoms in total. The van der Waals surface area contributed by atoms with Crippen LogP contribution in [0.4, 0.5) is 5.69 Å². The van der Waals surface area contributed by atoms with Crippen LogP contribution in [0, 0.1) is 6.92 Å². The average molecular weight is 395 g/mol. The van der Waals surface area contributed by atoms with E-state index in [0.29, 0.717) is 27.8 Å². The number of nitrogens with one attached hydrogen (secondary N) is 1. The van der Waals surface area contributed by atoms with Crippen molar-refractivity contribution in [3.63, 3.8) is 0 Å². The Morgan fingerprint density at radius 2 is 1.64 bits per heavy atom. The molecule has 0 aliphatic carbocycles. The van der Waals surface area contributed by atoms with Crippen molar-refractivity contribution in [2.75, 3.05) is 12.4 Å². The van der Waals surface area contributed by atoms with Crippen molar-refractivity contribution < 1.29 is 19.1 Å². The Morgan fingerprint density at radius 1 is 0.929 bits per heavy atom. The maximum atomic E-state index is 12.1. The lowest BCUT2D eigenvalue weighted by Gasteiger charge is -2.10. The highest BCUT2D eigenvalue weighted by Gasteiger charge is 2.11. The number of amides is 1. The number of ether oxygens (including phenoxy) is 2. The molecule has 0 aliphatic rings. The van der Waals surface area contributed by atoms with Crippen molar-refractivity contribution >= 4 is 28.7 Å². The highest BCUT2D eigenvalue weighted by atomic mass is 32.1. The van der Waals surface area contributed by atoms with Crippen LogP contribution in [0.3, 0.4) is 0 Å². The Balaban J connectivity index is 1.52. The van der Waals surface area contributed by atoms with Crippen molar-refractivity contribution in [1.29, 1.82) is 0 Å². The first-order valence-electron chi connectivity index (χ1n) is 8.85. The van der Waals surface area contributed by atoms with Crippen LogP contribution >= 0.6 is 11.3 Å². The van der Waals surface area contributed by atoms with Crippen LogP contribution in [0.1, 0.15) is 27.4 Å². The molecule has 6 heteroatoms. The van der Waals surface area contributed by atoms with E-state index >= 15 is 0 Å². The molecule has 28 heavy (non-hydrogen) atoms. The Morgan fingerprint density at radius 3 is 2.29 bits per heavy atom. The number of carbonyl (C=O) groups excluding carboxylic acids is 2. The summed E-state index contributed by atoms with van der Waals surface area (Å²) in [5, 5.41) is 2.80. The van der Waals surface area contributed by atoms with E-state index in [1.165, 1.54) is 11.3 Å². The first kappa shape index (κ1) is 19.6. The van der Waals surface area contributed by atoms with Gasteiger partial charge in [0.05, 0.1) is 12.0 Å². The van der Waals surface area contributed by atoms with Gasteiger partial charge in [-0.15, -0.1) is 11.3 Å². The quantitative estimate of drug-likeness (QED) is 0.515. The number of para-hydroxylation sites is 2. The molecule has 1 amide bonds. The van der Waals surface area contributed by atoms with E-state index in [0.717, 1.165) is 4.88 Å². The van der Waals surface area contributed by atoms with Gasteiger partial charge in [0.15, 0.2) is 17.3 Å². The van der Waals surface area contributed by atoms with E-state index in [2.05, 4.69) is 5.32 Å². The lowest BCUT2D eigenvalue weighted by molar-refractivity contribution is -0.116. The number of aryl methyl sites for hydroxylation is 1. The third-order valence-corrected chi connectivity index (χ3v) is 5.07. The van der Waals surface area contributed by atoms with Crippen LogP contribution in [-0.2, 0) is 4.79 Å². The maximum absolute atomic E-state index is 12.1. The van der Waals surface area contributed by atoms with Gasteiger partial charge in [-0.05, 0) is 55.5 Å². The molecule has 0 aliphatic heterocycles. The lowest BCUT2D eigenvalue weighted by atomic mass is 10.2. The van der Waals surface area contributed by atoms with Gasteiger partial charge < -0.3 is 14.8 Å². The first-order valence-corrected chi connectivity index (χ1v) is 9.67. The molecule has 0 unspecified atom stereocenters. The zero-order valence-corrected chi connectivity index (χ0v) is 16.5. The standard InChI is InChI=1S/C22H21NO4S/c1-15-7-13-21(28-15)18(24)12-14-22(25)23-16-8-10-17(11-9-16)27-20-6-4-3-5-19(20)26-2/h3-11,13H,12,14H2,1-2H3,(H,23,25). The summed E-state index contributed by atoms with van der Waals surface area (Å²) in [6, 6.07) is 18.1. The van der Waals surface area contributed by atoms with Gasteiger partial charge in [-0.2, -0.15) is 0 Å². The first-order chi connectivity index (χ1) is 13.5. The predicted molar refractivity (Wildman–Crippen MR) is 111 cm³/mol. The second kappa shape index (κ2) is 9.19. The fourth-order valence-electron chi connectivity index (χ4n) is 2.59. The summed E-state index contributed by atoms with van der Waals surface area (Å²) >= 11 is 1.45. The molecule has 0 bridgehead atoms. The Kier molecular flexibility index (Phi) is 6.45. The van der Waals surface area contributed by atoms with Crippen LogP contribution in [-0.4, -0.2) is 18.8 Å². The normalized spacial score (nSPS) is 10.4. The Bertz CT molecular complexity index is 963. The van der Waals surface area contributed by atoms with E-state index < -0.39 is 0 Å². The van der Waals surface area contributed by atoms with Crippen molar-refractivity contribution in [3.8, 4) is 17.2 Å². The Hall–Kier alpha value is -3.12. The molecule has 1 heterocycles. The van der Waals surface area contributed by atoms with Gasteiger partial charge in [-0.3, -0.25) is 9.59 Å². The molecule has 144 valence electrons. The molecular formula is C22H21NO4S. The van der Waals surface area contributed by atoms with Crippen molar-refractivity contribution in [1.82, 2.24) is 0 Å². The minimum absolute atomic E-state index is 0.00573. The van der Waals surface area contributed by atoms with Gasteiger partial charge in [0.2, 0.25) is 5.91 Å². The summed E-state index contributed by atoms with van der Waals surface area (Å²) in [7, 11) is 1.59. The van der Waals surface area contributed by atoms with Crippen LogP contribution in [0.15, 0.2) is 60.7 Å². The van der Waals surface area contributed by atoms with E-state index in [1.807, 2.05) is 37.3 Å². The maximum Gasteiger partial charge on any atom is 0.224 e. The van der Waals surface area contributed by atoms with Crippen molar-refractivity contribution in [3.05, 3.63) is 70.4 Å². The van der Waals surface area contributed by atoms with Gasteiger partial charge in [-0.25, -0.2) is 0 Å². The molecule has 0 fully saturated rings. The number of benzene rings is 2. The molecule has 0 atom stereocenters. The highest BCUT2D eigenvalue weighted by Crippen LogP contribution is 2.31. The average Bonchev–Trinajstić information content (AvgIpc) is 3.14. The SMILES string of the molecule is COc1ccccc1Oc1ccc(NC(=O)CCC(=O)c2ccc(C)s2)cc1. The van der Waals surface area contributed by atoms with E-state index in [-0.39, 0.29) is 24.5 Å². The van der Waals surface area contributed by atoms with Crippen LogP contribution in [0.2, 0.25) is 0 Å². The fraction of sp³-hybridized carbons (Fsp3) is 0.182. The summed E-state index contributed by atoms with van der Waals surface area (Å²) in [4.78, 5) is 26.0. The summed E-state index contributed by atoms with van der Waals surface area (Å²) in [5.41, 5.74) is 0.650. The van der Waals surface area contributed by atoms with Crippen LogP contribution in [0.5, 0.6) is 17.2 Å². The van der Waals surface area contributed by atoms with Gasteiger partial charge in [0, 0.05) is 23.4 Å². The molecule has 0 spiro atoms. The number of hydrogen-bond donors (Lipinski definition) is 1. The lowest BCUT2D eigenvalue weighted by Crippen LogP contribution is -2.13. The topological polar surface area (TPSA) is 64.6 Å². The summed E-state index contributed by atoms with van der Waals surface area (Å²) in [6.45, 7) is 1.95. The Labute approximate surface area is 167 Å². The smallest absolute Gasteiger partial charge is 0.224 e. The zero-order chi connectivity index (χ0) is 19.9. The number of carbonyl (C=O) groups is 2. The molecule has 0 saturated heterocycles. The fourth-order valence-corrected chi connectivity index (χ4v) is 3.43. The van der Waals surface area contributed by atoms with Crippen LogP contribution < -0.4 is 14.8 Å². The number of Topliss-reactive ketones (excluding diaryl/α,β-unsaturated/α-hetero) is 1. The predicted octanol–water partition coefficient (Wildman–Crippen LogP) is 5.46. The largest absolute Gasteiger partial charge is 0.493 e. The van der Waals surface area contributed by atoms with E-state index in [9.17, 15) is 9.59 Å². The van der Waals surface area contributed by atoms with Crippen molar-refractivity contribution in [2.45, 2.75) is 19.8 Å². The van der Waals surface area contributed by atoms with Gasteiger partial charge in [0.1, 0.15) is 5.75 Å². The van der Waals surface area contributed by atoms with Gasteiger partial charge in [0.25, 0.3) is 0 Å². The molecule has 3 aromatic rings. The molecule has 1 N–H and O–H groups in total. The van der Waals surface area contributed by atoms with E-state index in [1.54, 1.807) is 37.4 Å². The summed E-state index contributed by atoms with van der Waals surface area (Å²) in [6.07, 6.45) is 0.343. The summed E-state index contributed by atoms with van der Waals surface area (Å²) < 4.78 is 11.1. The monoisotopic (exact) mass is 395 g/mol. The minimum atomic E-state index is -0.194. The molecule has 1 aromatic heterocycles. The molecule has 3 rings (SSSR count). The number of ketones is 1. The number of hydrogen-bond acceptors (Lipinski definition) is 5. The number of methoxy groups -OCH3 is 1. The third kappa shape index (κ3) is 5.20. The number of rotatable bonds is 8. The van der Waals surface area contributed by atoms with Crippen molar-refractivity contribution in [2.24, 2.45) is 0 Å². The minimum Gasteiger partial charge on any atom is -0.493 e. The molecule has 2 aromatic carbocycles. The molecular weight excluding hydrogens is 374 g/mol. The third-order valence-electron chi connectivity index (χ3n) is 4.03. The second-order valence-corrected chi connectivity index (χ2v) is 7.45. The zero-order valence-electron chi connectivity index (χ0n) is 15.7. The molecule has 0 saturated carbocycles. The van der Waals surface area contributed by atoms with Crippen LogP contribution in [0.25, 0.3) is 0 Å². The number of anilines is 1. The summed E-state index contributed by atoms with van der Waals surface area (Å²) in [5.74, 6) is 1.69. The second-order valence-electron chi connectivity index (χ2n) is 6.16.